The number of amides is 4. The molecule has 1 heterocycles. The third kappa shape index (κ3) is 12.0. The van der Waals surface area contributed by atoms with Gasteiger partial charge in [0.25, 0.3) is 0 Å². The lowest BCUT2D eigenvalue weighted by molar-refractivity contribution is -0.123. The molecule has 0 aliphatic carbocycles. The Morgan fingerprint density at radius 3 is 1.98 bits per heavy atom. The number of carbonyl (C=O) groups excluding carboxylic acids is 3. The molecule has 11 heteroatoms. The van der Waals surface area contributed by atoms with Gasteiger partial charge in [0.2, 0.25) is 5.91 Å². The molecule has 43 heavy (non-hydrogen) atoms. The summed E-state index contributed by atoms with van der Waals surface area (Å²) in [6, 6.07) is 18.3. The quantitative estimate of drug-likeness (QED) is 0.192. The number of nitrogens with one attached hydrogen (secondary N) is 3. The maximum Gasteiger partial charge on any atom is 0.407 e. The van der Waals surface area contributed by atoms with E-state index < -0.39 is 12.1 Å². The minimum Gasteiger partial charge on any atom is -0.444 e. The highest BCUT2D eigenvalue weighted by atomic mass is 32.1. The zero-order valence-electron chi connectivity index (χ0n) is 25.2. The summed E-state index contributed by atoms with van der Waals surface area (Å²) in [5.74, 6) is -0.284. The van der Waals surface area contributed by atoms with Crippen molar-refractivity contribution in [3.8, 4) is 0 Å². The van der Waals surface area contributed by atoms with Crippen LogP contribution in [0, 0.1) is 0 Å². The van der Waals surface area contributed by atoms with Crippen LogP contribution in [0.15, 0.2) is 72.4 Å². The van der Waals surface area contributed by atoms with Crippen LogP contribution >= 0.6 is 11.3 Å². The third-order valence-electron chi connectivity index (χ3n) is 7.18. The Bertz CT molecular complexity index is 1240. The van der Waals surface area contributed by atoms with E-state index in [4.69, 9.17) is 10.5 Å². The van der Waals surface area contributed by atoms with Crippen molar-refractivity contribution in [3.05, 3.63) is 88.4 Å². The van der Waals surface area contributed by atoms with Gasteiger partial charge in [-0.25, -0.2) is 9.59 Å². The molecule has 0 aliphatic heterocycles. The third-order valence-corrected chi connectivity index (χ3v) is 7.93. The van der Waals surface area contributed by atoms with Crippen molar-refractivity contribution in [2.24, 2.45) is 5.73 Å². The van der Waals surface area contributed by atoms with Crippen LogP contribution in [0.4, 0.5) is 9.59 Å². The summed E-state index contributed by atoms with van der Waals surface area (Å²) in [6.45, 7) is 4.21. The van der Waals surface area contributed by atoms with Gasteiger partial charge in [-0.2, -0.15) is 0 Å². The van der Waals surface area contributed by atoms with Gasteiger partial charge in [-0.3, -0.25) is 9.78 Å². The van der Waals surface area contributed by atoms with Crippen molar-refractivity contribution in [2.75, 3.05) is 13.6 Å². The van der Waals surface area contributed by atoms with Gasteiger partial charge < -0.3 is 31.3 Å². The molecule has 10 nitrogen and oxygen atoms in total. The average Bonchev–Trinajstić information content (AvgIpc) is 3.53. The van der Waals surface area contributed by atoms with Gasteiger partial charge in [0.15, 0.2) is 0 Å². The van der Waals surface area contributed by atoms with E-state index in [1.165, 1.54) is 11.3 Å². The van der Waals surface area contributed by atoms with Crippen LogP contribution in [-0.2, 0) is 29.0 Å². The van der Waals surface area contributed by atoms with Crippen molar-refractivity contribution >= 4 is 29.4 Å². The Morgan fingerprint density at radius 2 is 1.47 bits per heavy atom. The van der Waals surface area contributed by atoms with E-state index in [0.717, 1.165) is 16.0 Å². The van der Waals surface area contributed by atoms with Crippen molar-refractivity contribution in [1.82, 2.24) is 25.8 Å². The summed E-state index contributed by atoms with van der Waals surface area (Å²) in [4.78, 5) is 45.4. The number of nitrogens with two attached hydrogens (primary N) is 1. The molecule has 1 aromatic heterocycles. The van der Waals surface area contributed by atoms with Crippen molar-refractivity contribution in [1.29, 1.82) is 0 Å². The number of ether oxygens (including phenoxy) is 1. The monoisotopic (exact) mass is 608 g/mol. The van der Waals surface area contributed by atoms with Gasteiger partial charge in [-0.15, -0.1) is 11.3 Å². The molecule has 5 N–H and O–H groups in total. The Labute approximate surface area is 258 Å². The molecule has 0 saturated heterocycles. The van der Waals surface area contributed by atoms with Crippen LogP contribution in [0.25, 0.3) is 0 Å². The number of rotatable bonds is 16. The van der Waals surface area contributed by atoms with E-state index in [1.54, 1.807) is 23.7 Å². The normalized spacial score (nSPS) is 13.0. The van der Waals surface area contributed by atoms with Crippen LogP contribution in [0.5, 0.6) is 0 Å². The number of benzene rings is 2. The van der Waals surface area contributed by atoms with E-state index in [-0.39, 0.29) is 43.2 Å². The lowest BCUT2D eigenvalue weighted by Crippen LogP contribution is -2.54. The van der Waals surface area contributed by atoms with Gasteiger partial charge in [-0.05, 0) is 63.6 Å². The standard InChI is InChI=1S/C32H44N6O4S/c1-23(2)38(3)31(40)37-29(16-17-33)30(39)35-26(18-24-10-6-4-7-11-24)14-15-27(19-25-12-8-5-9-13-25)36-32(41)42-21-28-20-34-22-43-28/h4-13,20,22-23,26-27,29H,14-19,21,33H2,1-3H3,(H,35,39)(H,36,41)(H,37,40)/t26-,27-,29+/m1/s1. The van der Waals surface area contributed by atoms with E-state index in [0.29, 0.717) is 32.1 Å². The van der Waals surface area contributed by atoms with Crippen LogP contribution in [0.3, 0.4) is 0 Å². The number of nitrogens with zero attached hydrogens (tertiary/aromatic N) is 2. The molecule has 3 aromatic rings. The van der Waals surface area contributed by atoms with Gasteiger partial charge in [0.1, 0.15) is 12.6 Å². The second kappa shape index (κ2) is 17.9. The van der Waals surface area contributed by atoms with E-state index in [9.17, 15) is 14.4 Å². The fraction of sp³-hybridized carbons (Fsp3) is 0.438. The zero-order chi connectivity index (χ0) is 31.0. The van der Waals surface area contributed by atoms with Crippen molar-refractivity contribution in [2.45, 2.75) is 76.7 Å². The van der Waals surface area contributed by atoms with Gasteiger partial charge in [0, 0.05) is 31.4 Å². The summed E-state index contributed by atoms with van der Waals surface area (Å²) in [7, 11) is 1.69. The van der Waals surface area contributed by atoms with Crippen LogP contribution in [0.2, 0.25) is 0 Å². The summed E-state index contributed by atoms with van der Waals surface area (Å²) in [5, 5.41) is 9.02. The first-order chi connectivity index (χ1) is 20.7. The number of aromatic nitrogens is 1. The lowest BCUT2D eigenvalue weighted by atomic mass is 9.95. The molecule has 0 radical (unpaired) electrons. The van der Waals surface area contributed by atoms with Crippen LogP contribution in [-0.4, -0.2) is 65.7 Å². The molecule has 0 aliphatic rings. The highest BCUT2D eigenvalue weighted by molar-refractivity contribution is 7.09. The Hall–Kier alpha value is -3.96. The number of carbonyl (C=O) groups is 3. The van der Waals surface area contributed by atoms with E-state index >= 15 is 0 Å². The molecule has 0 fully saturated rings. The SMILES string of the molecule is CC(C)N(C)C(=O)N[C@@H](CCN)C(=O)N[C@H](CC[C@H](Cc1ccccc1)NC(=O)OCc1cncs1)Cc1ccccc1. The minimum atomic E-state index is -0.767. The van der Waals surface area contributed by atoms with Gasteiger partial charge in [0.05, 0.1) is 10.4 Å². The molecule has 0 spiro atoms. The number of hydrogen-bond acceptors (Lipinski definition) is 7. The van der Waals surface area contributed by atoms with Gasteiger partial charge >= 0.3 is 12.1 Å². The fourth-order valence-corrected chi connectivity index (χ4v) is 5.04. The highest BCUT2D eigenvalue weighted by Crippen LogP contribution is 2.15. The van der Waals surface area contributed by atoms with E-state index in [1.807, 2.05) is 74.5 Å². The fourth-order valence-electron chi connectivity index (χ4n) is 4.53. The number of hydrogen-bond donors (Lipinski definition) is 4. The number of urea groups is 1. The molecule has 0 saturated carbocycles. The molecule has 3 rings (SSSR count). The first-order valence-corrected chi connectivity index (χ1v) is 15.5. The Balaban J connectivity index is 1.71. The summed E-state index contributed by atoms with van der Waals surface area (Å²) in [5.41, 5.74) is 9.66. The zero-order valence-corrected chi connectivity index (χ0v) is 26.0. The predicted octanol–water partition coefficient (Wildman–Crippen LogP) is 4.26. The maximum absolute atomic E-state index is 13.5. The molecular formula is C32H44N6O4S. The molecule has 3 atom stereocenters. The molecule has 0 unspecified atom stereocenters. The minimum absolute atomic E-state index is 0.0184. The van der Waals surface area contributed by atoms with Crippen molar-refractivity contribution < 1.29 is 19.1 Å². The Morgan fingerprint density at radius 1 is 0.884 bits per heavy atom. The molecular weight excluding hydrogens is 564 g/mol. The number of alkyl carbamates (subject to hydrolysis) is 1. The summed E-state index contributed by atoms with van der Waals surface area (Å²) in [6.07, 6.45) is 3.86. The lowest BCUT2D eigenvalue weighted by Gasteiger charge is -2.28. The second-order valence-electron chi connectivity index (χ2n) is 10.8. The maximum atomic E-state index is 13.5. The molecule has 0 bridgehead atoms. The topological polar surface area (TPSA) is 139 Å². The first-order valence-electron chi connectivity index (χ1n) is 14.7. The van der Waals surface area contributed by atoms with E-state index in [2.05, 4.69) is 20.9 Å². The second-order valence-corrected chi connectivity index (χ2v) is 11.8. The highest BCUT2D eigenvalue weighted by Gasteiger charge is 2.26. The molecule has 232 valence electrons. The molecule has 2 aromatic carbocycles. The number of thiazole rings is 1. The average molecular weight is 609 g/mol. The van der Waals surface area contributed by atoms with Crippen LogP contribution in [0.1, 0.15) is 49.1 Å². The predicted molar refractivity (Wildman–Crippen MR) is 170 cm³/mol. The Kier molecular flexibility index (Phi) is 13.9. The summed E-state index contributed by atoms with van der Waals surface area (Å²) >= 11 is 1.43. The van der Waals surface area contributed by atoms with Crippen LogP contribution < -0.4 is 21.7 Å². The largest absolute Gasteiger partial charge is 0.444 e. The summed E-state index contributed by atoms with van der Waals surface area (Å²) < 4.78 is 5.45. The smallest absolute Gasteiger partial charge is 0.407 e. The van der Waals surface area contributed by atoms with Crippen molar-refractivity contribution in [3.63, 3.8) is 0 Å². The molecule has 4 amide bonds. The first kappa shape index (κ1) is 33.5. The van der Waals surface area contributed by atoms with Gasteiger partial charge in [-0.1, -0.05) is 60.7 Å².